The molecule has 0 aliphatic rings. The lowest BCUT2D eigenvalue weighted by atomic mass is 10.1. The standard InChI is InChI=1S/C21H26N2O4S/c1-15-10-11-20(13-16(15)2)23(28(4,26)27)12-6-9-21(25)22-19-8-5-7-18(14-19)17(3)24/h5,7-8,10-11,13-14H,6,9,12H2,1-4H3,(H,22,25). The molecule has 6 nitrogen and oxygen atoms in total. The molecule has 0 unspecified atom stereocenters. The summed E-state index contributed by atoms with van der Waals surface area (Å²) >= 11 is 0. The number of anilines is 2. The Balaban J connectivity index is 2.00. The Morgan fingerprint density at radius 1 is 1.04 bits per heavy atom. The summed E-state index contributed by atoms with van der Waals surface area (Å²) in [5.74, 6) is -0.303. The first-order valence-electron chi connectivity index (χ1n) is 9.04. The predicted molar refractivity (Wildman–Crippen MR) is 112 cm³/mol. The van der Waals surface area contributed by atoms with Crippen molar-refractivity contribution in [2.45, 2.75) is 33.6 Å². The number of ketones is 1. The number of nitrogens with one attached hydrogen (secondary N) is 1. The lowest BCUT2D eigenvalue weighted by molar-refractivity contribution is -0.116. The maximum Gasteiger partial charge on any atom is 0.232 e. The number of carbonyl (C=O) groups is 2. The molecule has 2 rings (SSSR count). The number of amides is 1. The molecule has 0 aliphatic carbocycles. The van der Waals surface area contributed by atoms with Crippen LogP contribution in [0.3, 0.4) is 0 Å². The smallest absolute Gasteiger partial charge is 0.232 e. The molecule has 2 aromatic rings. The van der Waals surface area contributed by atoms with Crippen LogP contribution in [-0.4, -0.2) is 32.9 Å². The van der Waals surface area contributed by atoms with Gasteiger partial charge in [0, 0.05) is 24.2 Å². The van der Waals surface area contributed by atoms with E-state index in [1.165, 1.54) is 11.2 Å². The molecular weight excluding hydrogens is 376 g/mol. The normalized spacial score (nSPS) is 11.1. The second-order valence-electron chi connectivity index (χ2n) is 6.89. The molecule has 2 aromatic carbocycles. The van der Waals surface area contributed by atoms with Gasteiger partial charge >= 0.3 is 0 Å². The number of carbonyl (C=O) groups excluding carboxylic acids is 2. The van der Waals surface area contributed by atoms with Gasteiger partial charge in [0.1, 0.15) is 0 Å². The van der Waals surface area contributed by atoms with Gasteiger partial charge in [-0.05, 0) is 62.6 Å². The number of benzene rings is 2. The van der Waals surface area contributed by atoms with Gasteiger partial charge in [-0.2, -0.15) is 0 Å². The zero-order valence-corrected chi connectivity index (χ0v) is 17.5. The van der Waals surface area contributed by atoms with E-state index in [1.807, 2.05) is 26.0 Å². The molecular formula is C21H26N2O4S. The van der Waals surface area contributed by atoms with Gasteiger partial charge in [-0.1, -0.05) is 18.2 Å². The van der Waals surface area contributed by atoms with Crippen molar-refractivity contribution in [2.24, 2.45) is 0 Å². The molecule has 0 bridgehead atoms. The molecule has 0 atom stereocenters. The number of aryl methyl sites for hydroxylation is 2. The van der Waals surface area contributed by atoms with Crippen molar-refractivity contribution < 1.29 is 18.0 Å². The third-order valence-corrected chi connectivity index (χ3v) is 5.69. The molecule has 1 amide bonds. The molecule has 0 radical (unpaired) electrons. The van der Waals surface area contributed by atoms with Gasteiger partial charge in [0.15, 0.2) is 5.78 Å². The lowest BCUT2D eigenvalue weighted by Crippen LogP contribution is -2.31. The minimum atomic E-state index is -3.46. The third-order valence-electron chi connectivity index (χ3n) is 4.50. The largest absolute Gasteiger partial charge is 0.326 e. The van der Waals surface area contributed by atoms with Gasteiger partial charge in [0.2, 0.25) is 15.9 Å². The minimum absolute atomic E-state index is 0.0757. The molecule has 7 heteroatoms. The number of sulfonamides is 1. The van der Waals surface area contributed by atoms with Crippen molar-refractivity contribution >= 4 is 33.1 Å². The molecule has 1 N–H and O–H groups in total. The van der Waals surface area contributed by atoms with Gasteiger partial charge in [-0.3, -0.25) is 13.9 Å². The van der Waals surface area contributed by atoms with Crippen LogP contribution in [0.1, 0.15) is 41.3 Å². The fraction of sp³-hybridized carbons (Fsp3) is 0.333. The maximum absolute atomic E-state index is 12.2. The third kappa shape index (κ3) is 5.92. The number of hydrogen-bond donors (Lipinski definition) is 1. The molecule has 0 saturated heterocycles. The second-order valence-corrected chi connectivity index (χ2v) is 8.80. The number of rotatable bonds is 8. The van der Waals surface area contributed by atoms with Crippen LogP contribution >= 0.6 is 0 Å². The van der Waals surface area contributed by atoms with Crippen LogP contribution < -0.4 is 9.62 Å². The first kappa shape index (κ1) is 21.6. The predicted octanol–water partition coefficient (Wildman–Crippen LogP) is 3.69. The van der Waals surface area contributed by atoms with E-state index in [0.29, 0.717) is 23.4 Å². The molecule has 0 aliphatic heterocycles. The summed E-state index contributed by atoms with van der Waals surface area (Å²) in [6, 6.07) is 12.2. The van der Waals surface area contributed by atoms with Gasteiger partial charge in [-0.25, -0.2) is 8.42 Å². The van der Waals surface area contributed by atoms with Crippen LogP contribution in [0.2, 0.25) is 0 Å². The van der Waals surface area contributed by atoms with Crippen molar-refractivity contribution in [2.75, 3.05) is 22.4 Å². The zero-order valence-electron chi connectivity index (χ0n) is 16.7. The maximum atomic E-state index is 12.2. The number of hydrogen-bond acceptors (Lipinski definition) is 4. The first-order chi connectivity index (χ1) is 13.1. The summed E-state index contributed by atoms with van der Waals surface area (Å²) < 4.78 is 25.7. The van der Waals surface area contributed by atoms with Crippen LogP contribution in [0.25, 0.3) is 0 Å². The van der Waals surface area contributed by atoms with Crippen LogP contribution in [0, 0.1) is 13.8 Å². The lowest BCUT2D eigenvalue weighted by Gasteiger charge is -2.23. The van der Waals surface area contributed by atoms with Crippen LogP contribution in [0.5, 0.6) is 0 Å². The van der Waals surface area contributed by atoms with Crippen molar-refractivity contribution in [3.8, 4) is 0 Å². The number of Topliss-reactive ketones (excluding diaryl/α,β-unsaturated/α-hetero) is 1. The van der Waals surface area contributed by atoms with E-state index in [-0.39, 0.29) is 24.7 Å². The van der Waals surface area contributed by atoms with E-state index < -0.39 is 10.0 Å². The van der Waals surface area contributed by atoms with Gasteiger partial charge in [-0.15, -0.1) is 0 Å². The Hall–Kier alpha value is -2.67. The van der Waals surface area contributed by atoms with E-state index in [4.69, 9.17) is 0 Å². The first-order valence-corrected chi connectivity index (χ1v) is 10.9. The number of nitrogens with zero attached hydrogens (tertiary/aromatic N) is 1. The molecule has 150 valence electrons. The minimum Gasteiger partial charge on any atom is -0.326 e. The SMILES string of the molecule is CC(=O)c1cccc(NC(=O)CCCN(c2ccc(C)c(C)c2)S(C)(=O)=O)c1. The quantitative estimate of drug-likeness (QED) is 0.683. The van der Waals surface area contributed by atoms with Crippen LogP contribution in [-0.2, 0) is 14.8 Å². The molecule has 0 aromatic heterocycles. The van der Waals surface area contributed by atoms with Crippen molar-refractivity contribution in [1.29, 1.82) is 0 Å². The average Bonchev–Trinajstić information content (AvgIpc) is 2.60. The summed E-state index contributed by atoms with van der Waals surface area (Å²) in [7, 11) is -3.46. The molecule has 28 heavy (non-hydrogen) atoms. The highest BCUT2D eigenvalue weighted by atomic mass is 32.2. The monoisotopic (exact) mass is 402 g/mol. The molecule has 0 saturated carbocycles. The van der Waals surface area contributed by atoms with E-state index in [9.17, 15) is 18.0 Å². The molecule has 0 spiro atoms. The van der Waals surface area contributed by atoms with Gasteiger partial charge in [0.05, 0.1) is 11.9 Å². The Bertz CT molecular complexity index is 984. The van der Waals surface area contributed by atoms with Gasteiger partial charge in [0.25, 0.3) is 0 Å². The van der Waals surface area contributed by atoms with E-state index in [1.54, 1.807) is 30.3 Å². The second kappa shape index (κ2) is 9.01. The Morgan fingerprint density at radius 2 is 1.75 bits per heavy atom. The van der Waals surface area contributed by atoms with Crippen LogP contribution in [0.4, 0.5) is 11.4 Å². The highest BCUT2D eigenvalue weighted by Crippen LogP contribution is 2.22. The summed E-state index contributed by atoms with van der Waals surface area (Å²) in [5.41, 5.74) is 3.77. The average molecular weight is 403 g/mol. The summed E-state index contributed by atoms with van der Waals surface area (Å²) in [6.45, 7) is 5.58. The Labute approximate surface area is 166 Å². The fourth-order valence-corrected chi connectivity index (χ4v) is 3.75. The highest BCUT2D eigenvalue weighted by molar-refractivity contribution is 7.92. The van der Waals surface area contributed by atoms with Crippen molar-refractivity contribution in [3.05, 3.63) is 59.2 Å². The summed E-state index contributed by atoms with van der Waals surface area (Å²) in [6.07, 6.45) is 1.70. The van der Waals surface area contributed by atoms with Gasteiger partial charge < -0.3 is 5.32 Å². The summed E-state index contributed by atoms with van der Waals surface area (Å²) in [5, 5.41) is 2.75. The van der Waals surface area contributed by atoms with Crippen molar-refractivity contribution in [1.82, 2.24) is 0 Å². The van der Waals surface area contributed by atoms with E-state index >= 15 is 0 Å². The Morgan fingerprint density at radius 3 is 2.36 bits per heavy atom. The van der Waals surface area contributed by atoms with Crippen molar-refractivity contribution in [3.63, 3.8) is 0 Å². The summed E-state index contributed by atoms with van der Waals surface area (Å²) in [4.78, 5) is 23.6. The highest BCUT2D eigenvalue weighted by Gasteiger charge is 2.18. The molecule has 0 fully saturated rings. The van der Waals surface area contributed by atoms with Crippen LogP contribution in [0.15, 0.2) is 42.5 Å². The van der Waals surface area contributed by atoms with E-state index in [0.717, 1.165) is 17.4 Å². The topological polar surface area (TPSA) is 83.6 Å². The fourth-order valence-electron chi connectivity index (χ4n) is 2.79. The van der Waals surface area contributed by atoms with E-state index in [2.05, 4.69) is 5.32 Å². The Kier molecular flexibility index (Phi) is 6.96. The zero-order chi connectivity index (χ0) is 20.9. The molecule has 0 heterocycles.